The van der Waals surface area contributed by atoms with Crippen molar-refractivity contribution < 1.29 is 28.4 Å². The fourth-order valence-corrected chi connectivity index (χ4v) is 5.97. The third kappa shape index (κ3) is 31.3. The molecule has 0 aliphatic heterocycles. The summed E-state index contributed by atoms with van der Waals surface area (Å²) in [5, 5.41) is 13.7. The topological polar surface area (TPSA) is 131 Å². The van der Waals surface area contributed by atoms with Crippen LogP contribution >= 0.6 is 7.82 Å². The second kappa shape index (κ2) is 33.6. The van der Waals surface area contributed by atoms with E-state index >= 15 is 0 Å². The molecular weight excluding hydrogens is 599 g/mol. The third-order valence-corrected chi connectivity index (χ3v) is 8.99. The molecule has 0 bridgehead atoms. The fraction of sp³-hybridized carbons (Fsp3) is 0.811. The molecule has 0 saturated carbocycles. The van der Waals surface area contributed by atoms with Crippen LogP contribution in [-0.2, 0) is 18.4 Å². The van der Waals surface area contributed by atoms with Gasteiger partial charge in [0.05, 0.1) is 25.4 Å². The van der Waals surface area contributed by atoms with Crippen LogP contribution in [0.1, 0.15) is 162 Å². The zero-order valence-corrected chi connectivity index (χ0v) is 30.4. The first-order valence-corrected chi connectivity index (χ1v) is 20.1. The molecule has 1 amide bonds. The van der Waals surface area contributed by atoms with Crippen molar-refractivity contribution >= 4 is 13.7 Å². The Hall–Kier alpha value is -1.28. The van der Waals surface area contributed by atoms with Gasteiger partial charge in [0.15, 0.2) is 0 Å². The Morgan fingerprint density at radius 1 is 0.739 bits per heavy atom. The summed E-state index contributed by atoms with van der Waals surface area (Å²) < 4.78 is 22.0. The average molecular weight is 671 g/mol. The smallest absolute Gasteiger partial charge is 0.391 e. The number of phosphoric acid groups is 1. The van der Waals surface area contributed by atoms with Gasteiger partial charge in [0.25, 0.3) is 0 Å². The minimum absolute atomic E-state index is 0.0859. The summed E-state index contributed by atoms with van der Waals surface area (Å²) in [5.74, 6) is -0.176. The van der Waals surface area contributed by atoms with Crippen molar-refractivity contribution in [3.8, 4) is 0 Å². The number of carbonyl (C=O) groups excluding carboxylic acids is 1. The van der Waals surface area contributed by atoms with Crippen LogP contribution < -0.4 is 11.1 Å². The van der Waals surface area contributed by atoms with Gasteiger partial charge in [0.1, 0.15) is 0 Å². The van der Waals surface area contributed by atoms with Crippen molar-refractivity contribution in [1.82, 2.24) is 5.32 Å². The lowest BCUT2D eigenvalue weighted by Crippen LogP contribution is -2.46. The Morgan fingerprint density at radius 3 is 1.85 bits per heavy atom. The summed E-state index contributed by atoms with van der Waals surface area (Å²) in [6, 6.07) is -0.777. The SMILES string of the molecule is CC/C=C\C/C=C\C/C=C\CCCCCCCCCC(=O)NC(COP(=O)(O)OCCN)C(O)CCCCCCCCCCCC. The summed E-state index contributed by atoms with van der Waals surface area (Å²) >= 11 is 0. The molecule has 46 heavy (non-hydrogen) atoms. The number of amides is 1. The predicted octanol–water partition coefficient (Wildman–Crippen LogP) is 9.61. The van der Waals surface area contributed by atoms with Gasteiger partial charge in [-0.05, 0) is 44.9 Å². The molecule has 0 spiro atoms. The first-order valence-electron chi connectivity index (χ1n) is 18.6. The van der Waals surface area contributed by atoms with Gasteiger partial charge in [-0.1, -0.05) is 147 Å². The van der Waals surface area contributed by atoms with Gasteiger partial charge < -0.3 is 21.1 Å². The number of unbranched alkanes of at least 4 members (excludes halogenated alkanes) is 16. The van der Waals surface area contributed by atoms with E-state index in [1.807, 2.05) is 0 Å². The van der Waals surface area contributed by atoms with Crippen molar-refractivity contribution in [1.29, 1.82) is 0 Å². The molecule has 0 heterocycles. The van der Waals surface area contributed by atoms with E-state index in [4.69, 9.17) is 14.8 Å². The Morgan fingerprint density at radius 2 is 1.26 bits per heavy atom. The zero-order chi connectivity index (χ0) is 34.0. The van der Waals surface area contributed by atoms with E-state index < -0.39 is 20.0 Å². The summed E-state index contributed by atoms with van der Waals surface area (Å²) in [5.41, 5.74) is 5.35. The van der Waals surface area contributed by atoms with Crippen LogP contribution in [0.2, 0.25) is 0 Å². The van der Waals surface area contributed by atoms with Crippen LogP contribution in [0.5, 0.6) is 0 Å². The maximum Gasteiger partial charge on any atom is 0.472 e. The van der Waals surface area contributed by atoms with Gasteiger partial charge in [-0.2, -0.15) is 0 Å². The number of hydrogen-bond donors (Lipinski definition) is 4. The van der Waals surface area contributed by atoms with E-state index in [1.54, 1.807) is 0 Å². The van der Waals surface area contributed by atoms with Crippen LogP contribution in [0.15, 0.2) is 36.5 Å². The Balaban J connectivity index is 4.24. The van der Waals surface area contributed by atoms with Crippen molar-refractivity contribution in [2.45, 2.75) is 174 Å². The fourth-order valence-electron chi connectivity index (χ4n) is 5.21. The average Bonchev–Trinajstić information content (AvgIpc) is 3.04. The maximum atomic E-state index is 12.7. The molecule has 0 aromatic heterocycles. The van der Waals surface area contributed by atoms with E-state index in [9.17, 15) is 19.4 Å². The Kier molecular flexibility index (Phi) is 32.7. The van der Waals surface area contributed by atoms with Gasteiger partial charge in [0.2, 0.25) is 5.91 Å². The molecule has 0 rings (SSSR count). The van der Waals surface area contributed by atoms with Crippen LogP contribution in [-0.4, -0.2) is 47.8 Å². The molecule has 0 aliphatic carbocycles. The largest absolute Gasteiger partial charge is 0.472 e. The lowest BCUT2D eigenvalue weighted by molar-refractivity contribution is -0.123. The van der Waals surface area contributed by atoms with E-state index in [0.717, 1.165) is 64.2 Å². The normalized spacial score (nSPS) is 14.8. The maximum absolute atomic E-state index is 12.7. The molecule has 3 unspecified atom stereocenters. The molecule has 3 atom stereocenters. The van der Waals surface area contributed by atoms with Crippen LogP contribution in [0.3, 0.4) is 0 Å². The number of hydrogen-bond acceptors (Lipinski definition) is 6. The highest BCUT2D eigenvalue weighted by Crippen LogP contribution is 2.43. The second-order valence-corrected chi connectivity index (χ2v) is 13.9. The summed E-state index contributed by atoms with van der Waals surface area (Å²) in [6.07, 6.45) is 37.2. The Bertz CT molecular complexity index is 820. The van der Waals surface area contributed by atoms with E-state index in [-0.39, 0.29) is 25.7 Å². The van der Waals surface area contributed by atoms with E-state index in [2.05, 4.69) is 55.6 Å². The number of allylic oxidation sites excluding steroid dienone is 6. The van der Waals surface area contributed by atoms with Crippen molar-refractivity contribution in [2.75, 3.05) is 19.8 Å². The molecule has 0 aliphatic rings. The highest BCUT2D eigenvalue weighted by molar-refractivity contribution is 7.47. The number of phosphoric ester groups is 1. The molecule has 8 nitrogen and oxygen atoms in total. The quantitative estimate of drug-likeness (QED) is 0.0305. The number of nitrogens with one attached hydrogen (secondary N) is 1. The van der Waals surface area contributed by atoms with Gasteiger partial charge in [-0.15, -0.1) is 0 Å². The molecular formula is C37H71N2O6P. The van der Waals surface area contributed by atoms with Gasteiger partial charge in [-0.3, -0.25) is 13.8 Å². The molecule has 0 aromatic rings. The van der Waals surface area contributed by atoms with Crippen molar-refractivity contribution in [2.24, 2.45) is 5.73 Å². The Labute approximate surface area is 282 Å². The highest BCUT2D eigenvalue weighted by atomic mass is 31.2. The summed E-state index contributed by atoms with van der Waals surface area (Å²) in [4.78, 5) is 22.6. The van der Waals surface area contributed by atoms with Crippen LogP contribution in [0.25, 0.3) is 0 Å². The summed E-state index contributed by atoms with van der Waals surface area (Å²) in [6.45, 7) is 4.05. The molecule has 0 saturated heterocycles. The molecule has 9 heteroatoms. The van der Waals surface area contributed by atoms with Crippen molar-refractivity contribution in [3.05, 3.63) is 36.5 Å². The lowest BCUT2D eigenvalue weighted by Gasteiger charge is -2.25. The van der Waals surface area contributed by atoms with Crippen LogP contribution in [0.4, 0.5) is 0 Å². The number of aliphatic hydroxyl groups excluding tert-OH is 1. The monoisotopic (exact) mass is 671 g/mol. The van der Waals surface area contributed by atoms with Gasteiger partial charge in [0, 0.05) is 13.0 Å². The molecule has 270 valence electrons. The van der Waals surface area contributed by atoms with E-state index in [0.29, 0.717) is 12.8 Å². The molecule has 0 aromatic carbocycles. The van der Waals surface area contributed by atoms with Crippen molar-refractivity contribution in [3.63, 3.8) is 0 Å². The lowest BCUT2D eigenvalue weighted by atomic mass is 10.0. The number of rotatable bonds is 34. The number of carbonyl (C=O) groups is 1. The number of aliphatic hydroxyl groups is 1. The molecule has 0 radical (unpaired) electrons. The van der Waals surface area contributed by atoms with Gasteiger partial charge >= 0.3 is 7.82 Å². The predicted molar refractivity (Wildman–Crippen MR) is 194 cm³/mol. The minimum Gasteiger partial charge on any atom is -0.391 e. The highest BCUT2D eigenvalue weighted by Gasteiger charge is 2.27. The number of nitrogens with two attached hydrogens (primary N) is 1. The third-order valence-electron chi connectivity index (χ3n) is 8.01. The summed E-state index contributed by atoms with van der Waals surface area (Å²) in [7, 11) is -4.31. The minimum atomic E-state index is -4.31. The molecule has 0 fully saturated rings. The standard InChI is InChI=1S/C37H71N2O6P/c1-3-5-7-9-11-13-15-16-17-18-19-20-21-23-25-27-29-31-37(41)39-35(34-45-46(42,43)44-33-32-38)36(40)30-28-26-24-22-14-12-10-8-6-4-2/h5,7,11,13,16-17,35-36,40H,3-4,6,8-10,12,14-15,18-34,38H2,1-2H3,(H,39,41)(H,42,43)/b7-5-,13-11-,17-16-. The van der Waals surface area contributed by atoms with Gasteiger partial charge in [-0.25, -0.2) is 4.57 Å². The zero-order valence-electron chi connectivity index (χ0n) is 29.6. The van der Waals surface area contributed by atoms with Crippen LogP contribution in [0, 0.1) is 0 Å². The first-order chi connectivity index (χ1) is 22.4. The molecule has 5 N–H and O–H groups in total. The van der Waals surface area contributed by atoms with E-state index in [1.165, 1.54) is 70.6 Å². The first kappa shape index (κ1) is 44.7. The second-order valence-electron chi connectivity index (χ2n) is 12.4.